The number of nitrogens with zero attached hydrogens (tertiary/aromatic N) is 2. The van der Waals surface area contributed by atoms with Crippen LogP contribution in [0.2, 0.25) is 0 Å². The second-order valence-corrected chi connectivity index (χ2v) is 9.02. The van der Waals surface area contributed by atoms with Gasteiger partial charge in [-0.2, -0.15) is 4.31 Å². The minimum absolute atomic E-state index is 0.175. The standard InChI is InChI=1S/C21H27N3O3S/c1-23-13-15-24(16-14-23)28(26,27)20-11-5-10-19(17-20)21(25)22-12-6-9-18-7-3-2-4-8-18/h2-5,7-8,10-11,17H,6,9,12-16H2,1H3,(H,22,25). The maximum Gasteiger partial charge on any atom is 0.251 e. The molecule has 1 heterocycles. The van der Waals surface area contributed by atoms with Gasteiger partial charge in [0.25, 0.3) is 5.91 Å². The number of carbonyl (C=O) groups is 1. The molecule has 0 atom stereocenters. The van der Waals surface area contributed by atoms with Crippen molar-refractivity contribution in [3.8, 4) is 0 Å². The van der Waals surface area contributed by atoms with E-state index in [0.717, 1.165) is 12.8 Å². The number of aryl methyl sites for hydroxylation is 1. The molecule has 0 aromatic heterocycles. The number of amides is 1. The predicted molar refractivity (Wildman–Crippen MR) is 110 cm³/mol. The Labute approximate surface area is 167 Å². The van der Waals surface area contributed by atoms with Gasteiger partial charge in [-0.05, 0) is 43.7 Å². The first-order valence-electron chi connectivity index (χ1n) is 9.58. The van der Waals surface area contributed by atoms with Gasteiger partial charge in [0, 0.05) is 38.3 Å². The van der Waals surface area contributed by atoms with Crippen LogP contribution < -0.4 is 5.32 Å². The predicted octanol–water partition coefficient (Wildman–Crippen LogP) is 1.99. The van der Waals surface area contributed by atoms with E-state index in [2.05, 4.69) is 22.3 Å². The average molecular weight is 402 g/mol. The van der Waals surface area contributed by atoms with E-state index >= 15 is 0 Å². The van der Waals surface area contributed by atoms with Gasteiger partial charge in [0.1, 0.15) is 0 Å². The van der Waals surface area contributed by atoms with Gasteiger partial charge in [0.05, 0.1) is 4.90 Å². The smallest absolute Gasteiger partial charge is 0.251 e. The molecule has 1 N–H and O–H groups in total. The number of benzene rings is 2. The lowest BCUT2D eigenvalue weighted by atomic mass is 10.1. The Hall–Kier alpha value is -2.22. The Balaban J connectivity index is 1.58. The quantitative estimate of drug-likeness (QED) is 0.721. The molecule has 28 heavy (non-hydrogen) atoms. The van der Waals surface area contributed by atoms with Crippen molar-refractivity contribution in [2.24, 2.45) is 0 Å². The van der Waals surface area contributed by atoms with Gasteiger partial charge < -0.3 is 10.2 Å². The monoisotopic (exact) mass is 401 g/mol. The molecule has 1 aliphatic rings. The van der Waals surface area contributed by atoms with Crippen molar-refractivity contribution in [3.05, 3.63) is 65.7 Å². The molecule has 2 aromatic carbocycles. The summed E-state index contributed by atoms with van der Waals surface area (Å²) < 4.78 is 27.2. The molecule has 7 heteroatoms. The second-order valence-electron chi connectivity index (χ2n) is 7.08. The third-order valence-corrected chi connectivity index (χ3v) is 6.86. The summed E-state index contributed by atoms with van der Waals surface area (Å²) >= 11 is 0. The highest BCUT2D eigenvalue weighted by Crippen LogP contribution is 2.18. The summed E-state index contributed by atoms with van der Waals surface area (Å²) in [5, 5.41) is 2.88. The largest absolute Gasteiger partial charge is 0.352 e. The molecule has 0 unspecified atom stereocenters. The summed E-state index contributed by atoms with van der Waals surface area (Å²) in [4.78, 5) is 14.7. The summed E-state index contributed by atoms with van der Waals surface area (Å²) in [6.45, 7) is 2.90. The molecule has 150 valence electrons. The van der Waals surface area contributed by atoms with Gasteiger partial charge in [0.15, 0.2) is 0 Å². The lowest BCUT2D eigenvalue weighted by Gasteiger charge is -2.31. The van der Waals surface area contributed by atoms with Crippen molar-refractivity contribution in [2.75, 3.05) is 39.8 Å². The first kappa shape index (κ1) is 20.5. The van der Waals surface area contributed by atoms with Crippen LogP contribution in [0.25, 0.3) is 0 Å². The maximum absolute atomic E-state index is 12.9. The molecule has 0 spiro atoms. The Bertz CT molecular complexity index is 892. The zero-order valence-corrected chi connectivity index (χ0v) is 17.0. The average Bonchev–Trinajstić information content (AvgIpc) is 2.72. The van der Waals surface area contributed by atoms with Crippen molar-refractivity contribution in [3.63, 3.8) is 0 Å². The van der Waals surface area contributed by atoms with Crippen molar-refractivity contribution < 1.29 is 13.2 Å². The number of hydrogen-bond donors (Lipinski definition) is 1. The van der Waals surface area contributed by atoms with Crippen LogP contribution in [-0.2, 0) is 16.4 Å². The van der Waals surface area contributed by atoms with E-state index in [-0.39, 0.29) is 10.8 Å². The Morgan fingerprint density at radius 1 is 1.00 bits per heavy atom. The van der Waals surface area contributed by atoms with Crippen molar-refractivity contribution >= 4 is 15.9 Å². The molecule has 6 nitrogen and oxygen atoms in total. The van der Waals surface area contributed by atoms with E-state index in [1.807, 2.05) is 25.2 Å². The number of piperazine rings is 1. The first-order chi connectivity index (χ1) is 13.5. The summed E-state index contributed by atoms with van der Waals surface area (Å²) in [6.07, 6.45) is 1.72. The summed E-state index contributed by atoms with van der Waals surface area (Å²) in [5.41, 5.74) is 1.60. The van der Waals surface area contributed by atoms with E-state index < -0.39 is 10.0 Å². The number of sulfonamides is 1. The third-order valence-electron chi connectivity index (χ3n) is 4.97. The van der Waals surface area contributed by atoms with Crippen LogP contribution in [-0.4, -0.2) is 63.3 Å². The van der Waals surface area contributed by atoms with Gasteiger partial charge in [0.2, 0.25) is 10.0 Å². The normalized spacial score (nSPS) is 16.0. The molecular weight excluding hydrogens is 374 g/mol. The molecule has 1 saturated heterocycles. The first-order valence-corrected chi connectivity index (χ1v) is 11.0. The van der Waals surface area contributed by atoms with E-state index in [9.17, 15) is 13.2 Å². The fourth-order valence-corrected chi connectivity index (χ4v) is 4.69. The zero-order chi connectivity index (χ0) is 20.0. The topological polar surface area (TPSA) is 69.7 Å². The molecule has 1 aliphatic heterocycles. The van der Waals surface area contributed by atoms with Crippen LogP contribution in [0.4, 0.5) is 0 Å². The van der Waals surface area contributed by atoms with Gasteiger partial charge in [-0.3, -0.25) is 4.79 Å². The van der Waals surface area contributed by atoms with Gasteiger partial charge in [-0.25, -0.2) is 8.42 Å². The summed E-state index contributed by atoms with van der Waals surface area (Å²) in [7, 11) is -1.60. The third kappa shape index (κ3) is 5.19. The summed E-state index contributed by atoms with van der Waals surface area (Å²) in [6, 6.07) is 16.4. The van der Waals surface area contributed by atoms with E-state index in [0.29, 0.717) is 38.3 Å². The fourth-order valence-electron chi connectivity index (χ4n) is 3.22. The van der Waals surface area contributed by atoms with Crippen LogP contribution >= 0.6 is 0 Å². The van der Waals surface area contributed by atoms with Crippen molar-refractivity contribution in [1.29, 1.82) is 0 Å². The Kier molecular flexibility index (Phi) is 6.83. The van der Waals surface area contributed by atoms with Crippen molar-refractivity contribution in [2.45, 2.75) is 17.7 Å². The van der Waals surface area contributed by atoms with Crippen LogP contribution in [0, 0.1) is 0 Å². The van der Waals surface area contributed by atoms with E-state index in [1.165, 1.54) is 15.9 Å². The SMILES string of the molecule is CN1CCN(S(=O)(=O)c2cccc(C(=O)NCCCc3ccccc3)c2)CC1. The van der Waals surface area contributed by atoms with Crippen LogP contribution in [0.3, 0.4) is 0 Å². The van der Waals surface area contributed by atoms with E-state index in [4.69, 9.17) is 0 Å². The van der Waals surface area contributed by atoms with Crippen LogP contribution in [0.5, 0.6) is 0 Å². The molecule has 0 saturated carbocycles. The number of rotatable bonds is 7. The van der Waals surface area contributed by atoms with Crippen LogP contribution in [0.15, 0.2) is 59.5 Å². The molecule has 1 fully saturated rings. The lowest BCUT2D eigenvalue weighted by molar-refractivity contribution is 0.0953. The van der Waals surface area contributed by atoms with Crippen molar-refractivity contribution in [1.82, 2.24) is 14.5 Å². The summed E-state index contributed by atoms with van der Waals surface area (Å²) in [5.74, 6) is -0.247. The lowest BCUT2D eigenvalue weighted by Crippen LogP contribution is -2.47. The van der Waals surface area contributed by atoms with Gasteiger partial charge in [-0.15, -0.1) is 0 Å². The number of nitrogens with one attached hydrogen (secondary N) is 1. The Morgan fingerprint density at radius 2 is 1.71 bits per heavy atom. The highest BCUT2D eigenvalue weighted by atomic mass is 32.2. The minimum Gasteiger partial charge on any atom is -0.352 e. The highest BCUT2D eigenvalue weighted by molar-refractivity contribution is 7.89. The minimum atomic E-state index is -3.58. The molecule has 0 radical (unpaired) electrons. The second kappa shape index (κ2) is 9.32. The number of carbonyl (C=O) groups excluding carboxylic acids is 1. The highest BCUT2D eigenvalue weighted by Gasteiger charge is 2.27. The number of likely N-dealkylation sites (N-methyl/N-ethyl adjacent to an activating group) is 1. The van der Waals surface area contributed by atoms with Gasteiger partial charge in [-0.1, -0.05) is 36.4 Å². The molecule has 3 rings (SSSR count). The van der Waals surface area contributed by atoms with Crippen LogP contribution in [0.1, 0.15) is 22.3 Å². The molecule has 1 amide bonds. The zero-order valence-electron chi connectivity index (χ0n) is 16.2. The molecule has 0 aliphatic carbocycles. The number of hydrogen-bond acceptors (Lipinski definition) is 4. The molecule has 0 bridgehead atoms. The fraction of sp³-hybridized carbons (Fsp3) is 0.381. The van der Waals surface area contributed by atoms with Gasteiger partial charge >= 0.3 is 0 Å². The van der Waals surface area contributed by atoms with E-state index in [1.54, 1.807) is 18.2 Å². The Morgan fingerprint density at radius 3 is 2.43 bits per heavy atom. The molecular formula is C21H27N3O3S. The maximum atomic E-state index is 12.9. The molecule has 2 aromatic rings.